The first-order valence-electron chi connectivity index (χ1n) is 11.1. The van der Waals surface area contributed by atoms with Gasteiger partial charge in [0.25, 0.3) is 5.56 Å². The molecular weight excluding hydrogens is 378 g/mol. The van der Waals surface area contributed by atoms with Gasteiger partial charge in [-0.2, -0.15) is 0 Å². The molecule has 160 valence electrons. The monoisotopic (exact) mass is 409 g/mol. The summed E-state index contributed by atoms with van der Waals surface area (Å²) in [6.45, 7) is 7.82. The van der Waals surface area contributed by atoms with E-state index in [0.717, 1.165) is 76.6 Å². The summed E-state index contributed by atoms with van der Waals surface area (Å²) in [6, 6.07) is 8.28. The zero-order valence-electron chi connectivity index (χ0n) is 17.5. The number of hydrogen-bond donors (Lipinski definition) is 1. The number of nitrogen functional groups attached to an aromatic ring is 1. The van der Waals surface area contributed by atoms with Gasteiger partial charge in [-0.25, -0.2) is 4.98 Å². The van der Waals surface area contributed by atoms with E-state index in [1.165, 1.54) is 12.1 Å². The predicted molar refractivity (Wildman–Crippen MR) is 116 cm³/mol. The van der Waals surface area contributed by atoms with E-state index in [1.807, 2.05) is 6.07 Å². The Balaban J connectivity index is 1.33. The summed E-state index contributed by atoms with van der Waals surface area (Å²) in [4.78, 5) is 22.3. The van der Waals surface area contributed by atoms with E-state index in [0.29, 0.717) is 17.7 Å². The quantitative estimate of drug-likeness (QED) is 0.828. The van der Waals surface area contributed by atoms with Crippen LogP contribution in [0.25, 0.3) is 0 Å². The van der Waals surface area contributed by atoms with Crippen LogP contribution in [0.4, 0.5) is 5.82 Å². The van der Waals surface area contributed by atoms with Gasteiger partial charge in [-0.15, -0.1) is 0 Å². The van der Waals surface area contributed by atoms with E-state index < -0.39 is 0 Å². The molecule has 30 heavy (non-hydrogen) atoms. The van der Waals surface area contributed by atoms with Crippen molar-refractivity contribution in [2.75, 3.05) is 45.1 Å². The van der Waals surface area contributed by atoms with Crippen molar-refractivity contribution in [3.8, 4) is 0 Å². The minimum atomic E-state index is 0.206. The first kappa shape index (κ1) is 19.7. The molecule has 0 spiro atoms. The van der Waals surface area contributed by atoms with Gasteiger partial charge in [0, 0.05) is 81.4 Å². The van der Waals surface area contributed by atoms with Crippen molar-refractivity contribution in [3.05, 3.63) is 57.6 Å². The highest BCUT2D eigenvalue weighted by atomic mass is 16.5. The second-order valence-corrected chi connectivity index (χ2v) is 8.98. The van der Waals surface area contributed by atoms with Crippen molar-refractivity contribution in [3.63, 3.8) is 0 Å². The number of aromatic nitrogens is 2. The highest BCUT2D eigenvalue weighted by molar-refractivity contribution is 5.38. The minimum Gasteiger partial charge on any atom is -0.383 e. The van der Waals surface area contributed by atoms with Crippen LogP contribution < -0.4 is 11.3 Å². The number of piperidine rings is 1. The number of nitrogens with zero attached hydrogens (tertiary/aromatic N) is 4. The second kappa shape index (κ2) is 8.49. The van der Waals surface area contributed by atoms with Gasteiger partial charge in [-0.1, -0.05) is 12.1 Å². The third kappa shape index (κ3) is 4.02. The van der Waals surface area contributed by atoms with E-state index >= 15 is 0 Å². The molecule has 5 rings (SSSR count). The summed E-state index contributed by atoms with van der Waals surface area (Å²) < 4.78 is 7.62. The molecule has 2 bridgehead atoms. The molecule has 7 heteroatoms. The molecule has 2 saturated heterocycles. The Morgan fingerprint density at radius 1 is 1.03 bits per heavy atom. The average molecular weight is 410 g/mol. The Labute approximate surface area is 177 Å². The van der Waals surface area contributed by atoms with Crippen LogP contribution in [0.5, 0.6) is 0 Å². The first-order valence-corrected chi connectivity index (χ1v) is 11.1. The third-order valence-corrected chi connectivity index (χ3v) is 6.79. The fourth-order valence-corrected chi connectivity index (χ4v) is 5.36. The summed E-state index contributed by atoms with van der Waals surface area (Å²) in [5.74, 6) is 1.53. The van der Waals surface area contributed by atoms with E-state index in [-0.39, 0.29) is 5.56 Å². The average Bonchev–Trinajstić information content (AvgIpc) is 3.01. The molecule has 0 amide bonds. The van der Waals surface area contributed by atoms with Crippen LogP contribution in [0.3, 0.4) is 0 Å². The molecule has 2 N–H and O–H groups in total. The summed E-state index contributed by atoms with van der Waals surface area (Å²) in [5, 5.41) is 0. The number of pyridine rings is 2. The molecule has 0 aliphatic carbocycles. The van der Waals surface area contributed by atoms with Gasteiger partial charge in [-0.3, -0.25) is 14.6 Å². The zero-order valence-corrected chi connectivity index (χ0v) is 17.5. The number of rotatable bonds is 4. The maximum absolute atomic E-state index is 13.3. The largest absolute Gasteiger partial charge is 0.383 e. The normalized spacial score (nSPS) is 24.9. The number of fused-ring (bicyclic) bond motifs is 4. The summed E-state index contributed by atoms with van der Waals surface area (Å²) in [7, 11) is 0. The van der Waals surface area contributed by atoms with Crippen molar-refractivity contribution in [2.45, 2.75) is 38.4 Å². The van der Waals surface area contributed by atoms with Crippen molar-refractivity contribution in [2.24, 2.45) is 5.92 Å². The number of likely N-dealkylation sites (tertiary alicyclic amines) is 1. The maximum atomic E-state index is 13.3. The molecule has 2 fully saturated rings. The molecule has 0 aromatic carbocycles. The molecule has 2 aromatic rings. The molecule has 0 saturated carbocycles. The minimum absolute atomic E-state index is 0.206. The van der Waals surface area contributed by atoms with Crippen molar-refractivity contribution >= 4 is 5.82 Å². The molecule has 7 nitrogen and oxygen atoms in total. The fourth-order valence-electron chi connectivity index (χ4n) is 5.36. The number of hydrogen-bond acceptors (Lipinski definition) is 6. The lowest BCUT2D eigenvalue weighted by atomic mass is 9.82. The van der Waals surface area contributed by atoms with Crippen molar-refractivity contribution < 1.29 is 4.74 Å². The highest BCUT2D eigenvalue weighted by Gasteiger charge is 2.35. The summed E-state index contributed by atoms with van der Waals surface area (Å²) >= 11 is 0. The van der Waals surface area contributed by atoms with Crippen molar-refractivity contribution in [1.29, 1.82) is 0 Å². The fraction of sp³-hybridized carbons (Fsp3) is 0.565. The molecule has 0 unspecified atom stereocenters. The first-order chi connectivity index (χ1) is 14.7. The van der Waals surface area contributed by atoms with Crippen LogP contribution in [0.15, 0.2) is 35.3 Å². The Hall–Kier alpha value is -2.22. The SMILES string of the molecule is Nc1ncccc1CN1C[C@@H]2C[C@H](C1)c1ccc(CN3CCCOCC3)c(=O)n1C2. The number of nitrogens with two attached hydrogens (primary N) is 1. The number of ether oxygens (including phenoxy) is 1. The molecule has 5 heterocycles. The zero-order chi connectivity index (χ0) is 20.5. The van der Waals surface area contributed by atoms with Crippen molar-refractivity contribution in [1.82, 2.24) is 19.4 Å². The Kier molecular flexibility index (Phi) is 5.58. The van der Waals surface area contributed by atoms with E-state index in [9.17, 15) is 4.79 Å². The summed E-state index contributed by atoms with van der Waals surface area (Å²) in [5.41, 5.74) is 9.47. The molecule has 2 aromatic heterocycles. The highest BCUT2D eigenvalue weighted by Crippen LogP contribution is 2.36. The molecule has 2 atom stereocenters. The van der Waals surface area contributed by atoms with Gasteiger partial charge in [0.05, 0.1) is 6.61 Å². The second-order valence-electron chi connectivity index (χ2n) is 8.98. The smallest absolute Gasteiger partial charge is 0.255 e. The van der Waals surface area contributed by atoms with E-state index in [4.69, 9.17) is 10.5 Å². The lowest BCUT2D eigenvalue weighted by Crippen LogP contribution is -2.47. The Morgan fingerprint density at radius 2 is 1.93 bits per heavy atom. The van der Waals surface area contributed by atoms with Crippen LogP contribution in [0, 0.1) is 5.92 Å². The van der Waals surface area contributed by atoms with Gasteiger partial charge < -0.3 is 15.0 Å². The standard InChI is InChI=1S/C23H31N5O2/c24-22-18(3-1-6-25-22)14-27-12-17-11-20(16-27)21-5-4-19(23(29)28(21)13-17)15-26-7-2-9-30-10-8-26/h1,3-6,17,20H,2,7-16H2,(H2,24,25)/t17-,20+/m0/s1. The van der Waals surface area contributed by atoms with Gasteiger partial charge in [0.1, 0.15) is 5.82 Å². The lowest BCUT2D eigenvalue weighted by molar-refractivity contribution is 0.114. The molecule has 3 aliphatic heterocycles. The van der Waals surface area contributed by atoms with Crippen LogP contribution in [0.1, 0.15) is 35.6 Å². The molecule has 3 aliphatic rings. The van der Waals surface area contributed by atoms with Crippen LogP contribution in [0.2, 0.25) is 0 Å². The van der Waals surface area contributed by atoms with Gasteiger partial charge in [0.15, 0.2) is 0 Å². The Bertz CT molecular complexity index is 951. The third-order valence-electron chi connectivity index (χ3n) is 6.79. The van der Waals surface area contributed by atoms with Gasteiger partial charge in [-0.05, 0) is 30.9 Å². The van der Waals surface area contributed by atoms with Gasteiger partial charge >= 0.3 is 0 Å². The lowest BCUT2D eigenvalue weighted by Gasteiger charge is -2.43. The predicted octanol–water partition coefficient (Wildman–Crippen LogP) is 1.67. The van der Waals surface area contributed by atoms with Crippen LogP contribution in [-0.4, -0.2) is 58.7 Å². The van der Waals surface area contributed by atoms with Gasteiger partial charge in [0.2, 0.25) is 0 Å². The van der Waals surface area contributed by atoms with Crippen LogP contribution in [-0.2, 0) is 24.4 Å². The molecule has 0 radical (unpaired) electrons. The topological polar surface area (TPSA) is 76.6 Å². The van der Waals surface area contributed by atoms with E-state index in [1.54, 1.807) is 6.20 Å². The molecular formula is C23H31N5O2. The Morgan fingerprint density at radius 3 is 2.83 bits per heavy atom. The number of anilines is 1. The maximum Gasteiger partial charge on any atom is 0.255 e. The summed E-state index contributed by atoms with van der Waals surface area (Å²) in [6.07, 6.45) is 3.94. The van der Waals surface area contributed by atoms with E-state index in [2.05, 4.69) is 37.5 Å². The van der Waals surface area contributed by atoms with Crippen LogP contribution >= 0.6 is 0 Å².